The first kappa shape index (κ1) is 15.2. The zero-order valence-corrected chi connectivity index (χ0v) is 12.8. The summed E-state index contributed by atoms with van der Waals surface area (Å²) in [7, 11) is 0. The number of aromatic nitrogens is 1. The fourth-order valence-electron chi connectivity index (χ4n) is 1.89. The number of carbonyl (C=O) groups is 1. The van der Waals surface area contributed by atoms with Crippen LogP contribution in [0.1, 0.15) is 6.92 Å². The summed E-state index contributed by atoms with van der Waals surface area (Å²) in [6.07, 6.45) is -1.02. The van der Waals surface area contributed by atoms with E-state index in [1.807, 2.05) is 12.1 Å². The van der Waals surface area contributed by atoms with Gasteiger partial charge in [-0.2, -0.15) is 4.98 Å². The number of aliphatic carboxylic acids is 1. The van der Waals surface area contributed by atoms with E-state index in [1.54, 1.807) is 18.2 Å². The van der Waals surface area contributed by atoms with E-state index in [1.165, 1.54) is 19.1 Å². The molecule has 3 aromatic rings. The van der Waals surface area contributed by atoms with E-state index in [9.17, 15) is 4.79 Å². The first-order valence-electron chi connectivity index (χ1n) is 6.75. The van der Waals surface area contributed by atoms with Crippen LogP contribution in [0.5, 0.6) is 17.6 Å². The van der Waals surface area contributed by atoms with Crippen LogP contribution in [0.2, 0.25) is 5.02 Å². The van der Waals surface area contributed by atoms with Crippen molar-refractivity contribution in [2.24, 2.45) is 0 Å². The van der Waals surface area contributed by atoms with E-state index < -0.39 is 12.1 Å². The number of carboxylic acid groups (broad SMARTS) is 1. The Labute approximate surface area is 136 Å². The highest BCUT2D eigenvalue weighted by molar-refractivity contribution is 6.30. The maximum Gasteiger partial charge on any atom is 0.400 e. The van der Waals surface area contributed by atoms with E-state index >= 15 is 0 Å². The Hall–Kier alpha value is -2.73. The van der Waals surface area contributed by atoms with Crippen molar-refractivity contribution in [3.8, 4) is 17.6 Å². The number of benzene rings is 2. The fraction of sp³-hybridized carbons (Fsp3) is 0.125. The van der Waals surface area contributed by atoms with Gasteiger partial charge >= 0.3 is 12.0 Å². The molecule has 118 valence electrons. The Kier molecular flexibility index (Phi) is 4.08. The van der Waals surface area contributed by atoms with Crippen LogP contribution in [-0.2, 0) is 4.79 Å². The fourth-order valence-corrected chi connectivity index (χ4v) is 2.05. The molecule has 0 spiro atoms. The predicted molar refractivity (Wildman–Crippen MR) is 83.3 cm³/mol. The molecule has 6 nitrogen and oxygen atoms in total. The zero-order chi connectivity index (χ0) is 16.4. The van der Waals surface area contributed by atoms with Gasteiger partial charge < -0.3 is 19.0 Å². The highest BCUT2D eigenvalue weighted by Gasteiger charge is 2.18. The van der Waals surface area contributed by atoms with Crippen LogP contribution in [-0.4, -0.2) is 22.2 Å². The van der Waals surface area contributed by atoms with Crippen LogP contribution in [0.4, 0.5) is 0 Å². The predicted octanol–water partition coefficient (Wildman–Crippen LogP) is 4.13. The molecule has 0 unspecified atom stereocenters. The van der Waals surface area contributed by atoms with Crippen LogP contribution in [0.3, 0.4) is 0 Å². The summed E-state index contributed by atoms with van der Waals surface area (Å²) in [5.74, 6) is -0.642. The second-order valence-corrected chi connectivity index (χ2v) is 5.18. The number of fused-ring (bicyclic) bond motifs is 1. The highest BCUT2D eigenvalue weighted by atomic mass is 35.5. The summed E-state index contributed by atoms with van der Waals surface area (Å²) in [5, 5.41) is 9.36. The molecule has 23 heavy (non-hydrogen) atoms. The molecule has 2 aromatic carbocycles. The Bertz CT molecular complexity index is 828. The van der Waals surface area contributed by atoms with E-state index in [-0.39, 0.29) is 17.6 Å². The summed E-state index contributed by atoms with van der Waals surface area (Å²) < 4.78 is 16.4. The van der Waals surface area contributed by atoms with Crippen molar-refractivity contribution < 1.29 is 23.8 Å². The molecule has 0 aliphatic heterocycles. The molecule has 1 N–H and O–H groups in total. The van der Waals surface area contributed by atoms with Crippen LogP contribution in [0.25, 0.3) is 11.1 Å². The molecule has 0 amide bonds. The standard InChI is InChI=1S/C16H12ClNO5/c1-9(15(19)20)21-13-7-6-10(17)8-14(13)23-16-18-11-4-2-3-5-12(11)22-16/h2-9H,1H3,(H,19,20)/t9-/m1/s1. The molecule has 0 aliphatic rings. The number of nitrogens with zero attached hydrogens (tertiary/aromatic N) is 1. The van der Waals surface area contributed by atoms with Crippen LogP contribution < -0.4 is 9.47 Å². The Morgan fingerprint density at radius 1 is 1.26 bits per heavy atom. The number of ether oxygens (including phenoxy) is 2. The summed E-state index contributed by atoms with van der Waals surface area (Å²) >= 11 is 5.96. The summed E-state index contributed by atoms with van der Waals surface area (Å²) in [6.45, 7) is 1.42. The number of hydrogen-bond donors (Lipinski definition) is 1. The molecular weight excluding hydrogens is 322 g/mol. The van der Waals surface area contributed by atoms with E-state index in [2.05, 4.69) is 4.98 Å². The second-order valence-electron chi connectivity index (χ2n) is 4.74. The number of halogens is 1. The van der Waals surface area contributed by atoms with Gasteiger partial charge in [0.15, 0.2) is 23.2 Å². The van der Waals surface area contributed by atoms with Crippen molar-refractivity contribution in [2.75, 3.05) is 0 Å². The van der Waals surface area contributed by atoms with Crippen molar-refractivity contribution >= 4 is 28.7 Å². The largest absolute Gasteiger partial charge is 0.479 e. The van der Waals surface area contributed by atoms with Crippen molar-refractivity contribution in [3.63, 3.8) is 0 Å². The van der Waals surface area contributed by atoms with E-state index in [0.717, 1.165) is 0 Å². The molecule has 1 aromatic heterocycles. The third-order valence-corrected chi connectivity index (χ3v) is 3.26. The number of carboxylic acids is 1. The van der Waals surface area contributed by atoms with Gasteiger partial charge in [0.05, 0.1) is 0 Å². The topological polar surface area (TPSA) is 81.8 Å². The van der Waals surface area contributed by atoms with Gasteiger partial charge in [0.1, 0.15) is 5.52 Å². The minimum atomic E-state index is -1.09. The highest BCUT2D eigenvalue weighted by Crippen LogP contribution is 2.35. The Balaban J connectivity index is 1.91. The van der Waals surface area contributed by atoms with Crippen LogP contribution in [0.15, 0.2) is 46.9 Å². The molecular formula is C16H12ClNO5. The Morgan fingerprint density at radius 2 is 2.04 bits per heavy atom. The molecule has 0 saturated carbocycles. The number of para-hydroxylation sites is 2. The smallest absolute Gasteiger partial charge is 0.400 e. The minimum Gasteiger partial charge on any atom is -0.479 e. The lowest BCUT2D eigenvalue weighted by molar-refractivity contribution is -0.144. The number of rotatable bonds is 5. The Morgan fingerprint density at radius 3 is 2.78 bits per heavy atom. The molecule has 0 fully saturated rings. The van der Waals surface area contributed by atoms with Gasteiger partial charge in [-0.15, -0.1) is 0 Å². The van der Waals surface area contributed by atoms with Crippen molar-refractivity contribution in [1.82, 2.24) is 4.98 Å². The van der Waals surface area contributed by atoms with E-state index in [4.69, 9.17) is 30.6 Å². The van der Waals surface area contributed by atoms with Gasteiger partial charge in [-0.25, -0.2) is 4.79 Å². The molecule has 1 heterocycles. The third-order valence-electron chi connectivity index (χ3n) is 3.03. The zero-order valence-electron chi connectivity index (χ0n) is 12.0. The number of hydrogen-bond acceptors (Lipinski definition) is 5. The SMILES string of the molecule is C[C@@H](Oc1ccc(Cl)cc1Oc1nc2ccccc2o1)C(=O)O. The van der Waals surface area contributed by atoms with Gasteiger partial charge in [-0.05, 0) is 31.2 Å². The second kappa shape index (κ2) is 6.18. The monoisotopic (exact) mass is 333 g/mol. The minimum absolute atomic E-state index is 0.0151. The van der Waals surface area contributed by atoms with Gasteiger partial charge in [0, 0.05) is 11.1 Å². The van der Waals surface area contributed by atoms with Gasteiger partial charge in [0.25, 0.3) is 0 Å². The van der Waals surface area contributed by atoms with Crippen LogP contribution in [0, 0.1) is 0 Å². The molecule has 3 rings (SSSR count). The molecule has 0 saturated heterocycles. The van der Waals surface area contributed by atoms with Crippen molar-refractivity contribution in [2.45, 2.75) is 13.0 Å². The van der Waals surface area contributed by atoms with Crippen molar-refractivity contribution in [3.05, 3.63) is 47.5 Å². The summed E-state index contributed by atoms with van der Waals surface area (Å²) in [5.41, 5.74) is 1.22. The first-order chi connectivity index (χ1) is 11.0. The maximum absolute atomic E-state index is 10.9. The van der Waals surface area contributed by atoms with Crippen LogP contribution >= 0.6 is 11.6 Å². The van der Waals surface area contributed by atoms with Gasteiger partial charge in [-0.3, -0.25) is 0 Å². The van der Waals surface area contributed by atoms with E-state index in [0.29, 0.717) is 16.1 Å². The summed E-state index contributed by atoms with van der Waals surface area (Å²) in [4.78, 5) is 15.1. The lowest BCUT2D eigenvalue weighted by atomic mass is 10.3. The quantitative estimate of drug-likeness (QED) is 0.756. The molecule has 0 aliphatic carbocycles. The van der Waals surface area contributed by atoms with Gasteiger partial charge in [-0.1, -0.05) is 23.7 Å². The van der Waals surface area contributed by atoms with Gasteiger partial charge in [0.2, 0.25) is 0 Å². The lowest BCUT2D eigenvalue weighted by Gasteiger charge is -2.13. The first-order valence-corrected chi connectivity index (χ1v) is 7.13. The molecule has 7 heteroatoms. The third kappa shape index (κ3) is 3.37. The molecule has 0 bridgehead atoms. The lowest BCUT2D eigenvalue weighted by Crippen LogP contribution is -2.23. The summed E-state index contributed by atoms with van der Waals surface area (Å²) in [6, 6.07) is 11.8. The molecule has 1 atom stereocenters. The average molecular weight is 334 g/mol. The number of oxazole rings is 1. The van der Waals surface area contributed by atoms with Crippen molar-refractivity contribution in [1.29, 1.82) is 0 Å². The molecule has 0 radical (unpaired) electrons. The normalized spacial score (nSPS) is 12.1. The maximum atomic E-state index is 10.9. The average Bonchev–Trinajstić information content (AvgIpc) is 2.92.